The molecule has 0 radical (unpaired) electrons. The molecule has 0 spiro atoms. The van der Waals surface area contributed by atoms with Crippen LogP contribution in [0, 0.1) is 5.41 Å². The fourth-order valence-corrected chi connectivity index (χ4v) is 3.11. The van der Waals surface area contributed by atoms with Gasteiger partial charge in [-0.1, -0.05) is 5.16 Å². The maximum Gasteiger partial charge on any atom is 0.141 e. The molecule has 0 aromatic heterocycles. The number of rotatable bonds is 2. The Labute approximate surface area is 113 Å². The number of aliphatic hydroxyl groups excluding tert-OH is 1. The third kappa shape index (κ3) is 1.82. The Balaban J connectivity index is 1.95. The van der Waals surface area contributed by atoms with Crippen molar-refractivity contribution in [1.29, 1.82) is 0 Å². The van der Waals surface area contributed by atoms with Crippen molar-refractivity contribution in [3.63, 3.8) is 0 Å². The molecule has 1 fully saturated rings. The smallest absolute Gasteiger partial charge is 0.141 e. The maximum absolute atomic E-state index is 10.4. The molecule has 19 heavy (non-hydrogen) atoms. The molecule has 1 heterocycles. The first-order valence-corrected chi connectivity index (χ1v) is 6.73. The van der Waals surface area contributed by atoms with Crippen molar-refractivity contribution in [2.45, 2.75) is 38.4 Å². The first kappa shape index (κ1) is 12.5. The Morgan fingerprint density at radius 3 is 2.74 bits per heavy atom. The van der Waals surface area contributed by atoms with Crippen LogP contribution in [0.25, 0.3) is 0 Å². The van der Waals surface area contributed by atoms with E-state index in [0.717, 1.165) is 36.3 Å². The number of oxime groups is 1. The number of hydrogen-bond acceptors (Lipinski definition) is 4. The van der Waals surface area contributed by atoms with E-state index in [9.17, 15) is 5.11 Å². The first-order chi connectivity index (χ1) is 9.16. The topological polar surface area (TPSA) is 51.0 Å². The zero-order chi connectivity index (χ0) is 13.5. The summed E-state index contributed by atoms with van der Waals surface area (Å²) >= 11 is 0. The van der Waals surface area contributed by atoms with Gasteiger partial charge in [-0.3, -0.25) is 0 Å². The standard InChI is InChI=1S/C15H19NO3/c1-15-12(17)4-3-5-13(15)19-16-14(15)10-6-8-11(18-2)9-7-10/h6-9,12-13,17H,3-5H2,1-2H3/t12-,13+,15-/m0/s1. The number of aliphatic hydroxyl groups is 1. The molecule has 4 heteroatoms. The molecule has 0 saturated heterocycles. The van der Waals surface area contributed by atoms with E-state index in [-0.39, 0.29) is 6.10 Å². The van der Waals surface area contributed by atoms with Gasteiger partial charge in [0.25, 0.3) is 0 Å². The quantitative estimate of drug-likeness (QED) is 0.889. The maximum atomic E-state index is 10.4. The molecule has 1 aromatic carbocycles. The molecule has 1 aliphatic carbocycles. The number of nitrogens with zero attached hydrogens (tertiary/aromatic N) is 1. The van der Waals surface area contributed by atoms with Crippen molar-refractivity contribution in [2.24, 2.45) is 10.6 Å². The van der Waals surface area contributed by atoms with Crippen LogP contribution in [0.3, 0.4) is 0 Å². The summed E-state index contributed by atoms with van der Waals surface area (Å²) in [5.74, 6) is 0.814. The van der Waals surface area contributed by atoms with Crippen LogP contribution in [0.2, 0.25) is 0 Å². The molecule has 1 aromatic rings. The monoisotopic (exact) mass is 261 g/mol. The van der Waals surface area contributed by atoms with Crippen molar-refractivity contribution in [3.05, 3.63) is 29.8 Å². The second-order valence-corrected chi connectivity index (χ2v) is 5.49. The van der Waals surface area contributed by atoms with Gasteiger partial charge in [0.1, 0.15) is 11.9 Å². The van der Waals surface area contributed by atoms with E-state index in [0.29, 0.717) is 0 Å². The van der Waals surface area contributed by atoms with Crippen LogP contribution < -0.4 is 4.74 Å². The highest BCUT2D eigenvalue weighted by Gasteiger charge is 2.53. The van der Waals surface area contributed by atoms with Gasteiger partial charge in [-0.15, -0.1) is 0 Å². The van der Waals surface area contributed by atoms with E-state index in [1.807, 2.05) is 24.3 Å². The average Bonchev–Trinajstić information content (AvgIpc) is 2.78. The van der Waals surface area contributed by atoms with Crippen molar-refractivity contribution in [2.75, 3.05) is 7.11 Å². The number of benzene rings is 1. The molecular formula is C15H19NO3. The van der Waals surface area contributed by atoms with Crippen LogP contribution in [-0.4, -0.2) is 30.1 Å². The summed E-state index contributed by atoms with van der Waals surface area (Å²) in [6.07, 6.45) is 2.36. The lowest BCUT2D eigenvalue weighted by Gasteiger charge is -2.38. The summed E-state index contributed by atoms with van der Waals surface area (Å²) in [6.45, 7) is 2.05. The van der Waals surface area contributed by atoms with Crippen molar-refractivity contribution >= 4 is 5.71 Å². The van der Waals surface area contributed by atoms with Gasteiger partial charge in [0.2, 0.25) is 0 Å². The van der Waals surface area contributed by atoms with Crippen molar-refractivity contribution < 1.29 is 14.7 Å². The van der Waals surface area contributed by atoms with Gasteiger partial charge < -0.3 is 14.7 Å². The Morgan fingerprint density at radius 2 is 2.05 bits per heavy atom. The van der Waals surface area contributed by atoms with Crippen LogP contribution in [-0.2, 0) is 4.84 Å². The molecule has 102 valence electrons. The Hall–Kier alpha value is -1.55. The lowest BCUT2D eigenvalue weighted by atomic mass is 9.67. The normalized spacial score (nSPS) is 33.3. The van der Waals surface area contributed by atoms with Gasteiger partial charge in [-0.2, -0.15) is 0 Å². The third-order valence-electron chi connectivity index (χ3n) is 4.45. The summed E-state index contributed by atoms with van der Waals surface area (Å²) in [5.41, 5.74) is 1.45. The minimum Gasteiger partial charge on any atom is -0.497 e. The molecule has 0 amide bonds. The lowest BCUT2D eigenvalue weighted by Crippen LogP contribution is -2.49. The summed E-state index contributed by atoms with van der Waals surface area (Å²) in [4.78, 5) is 5.55. The van der Waals surface area contributed by atoms with E-state index in [4.69, 9.17) is 9.57 Å². The van der Waals surface area contributed by atoms with Crippen LogP contribution >= 0.6 is 0 Å². The Bertz CT molecular complexity index is 497. The van der Waals surface area contributed by atoms with Gasteiger partial charge in [-0.05, 0) is 50.5 Å². The van der Waals surface area contributed by atoms with Crippen LogP contribution in [0.15, 0.2) is 29.4 Å². The van der Waals surface area contributed by atoms with Crippen LogP contribution in [0.1, 0.15) is 31.7 Å². The fraction of sp³-hybridized carbons (Fsp3) is 0.533. The summed E-state index contributed by atoms with van der Waals surface area (Å²) in [6, 6.07) is 7.75. The van der Waals surface area contributed by atoms with E-state index >= 15 is 0 Å². The number of ether oxygens (including phenoxy) is 1. The molecule has 2 aliphatic rings. The SMILES string of the molecule is COc1ccc(C2=NO[C@@H]3CCC[C@H](O)[C@]23C)cc1. The van der Waals surface area contributed by atoms with E-state index in [2.05, 4.69) is 12.1 Å². The van der Waals surface area contributed by atoms with Gasteiger partial charge >= 0.3 is 0 Å². The van der Waals surface area contributed by atoms with Gasteiger partial charge in [-0.25, -0.2) is 0 Å². The molecule has 0 bridgehead atoms. The largest absolute Gasteiger partial charge is 0.497 e. The predicted octanol–water partition coefficient (Wildman–Crippen LogP) is 2.35. The molecule has 0 unspecified atom stereocenters. The molecule has 1 N–H and O–H groups in total. The van der Waals surface area contributed by atoms with Gasteiger partial charge in [0.05, 0.1) is 24.3 Å². The summed E-state index contributed by atoms with van der Waals surface area (Å²) in [5, 5.41) is 14.6. The summed E-state index contributed by atoms with van der Waals surface area (Å²) < 4.78 is 5.16. The number of fused-ring (bicyclic) bond motifs is 1. The lowest BCUT2D eigenvalue weighted by molar-refractivity contribution is -0.0605. The van der Waals surface area contributed by atoms with Crippen LogP contribution in [0.5, 0.6) is 5.75 Å². The zero-order valence-electron chi connectivity index (χ0n) is 11.3. The van der Waals surface area contributed by atoms with Crippen molar-refractivity contribution in [1.82, 2.24) is 0 Å². The fourth-order valence-electron chi connectivity index (χ4n) is 3.11. The Kier molecular flexibility index (Phi) is 2.97. The van der Waals surface area contributed by atoms with Gasteiger partial charge in [0, 0.05) is 5.56 Å². The minimum atomic E-state index is -0.396. The second-order valence-electron chi connectivity index (χ2n) is 5.49. The molecule has 1 saturated carbocycles. The average molecular weight is 261 g/mol. The Morgan fingerprint density at radius 1 is 1.32 bits per heavy atom. The van der Waals surface area contributed by atoms with Crippen LogP contribution in [0.4, 0.5) is 0 Å². The first-order valence-electron chi connectivity index (χ1n) is 6.73. The molecular weight excluding hydrogens is 242 g/mol. The third-order valence-corrected chi connectivity index (χ3v) is 4.45. The highest BCUT2D eigenvalue weighted by Crippen LogP contribution is 2.45. The number of methoxy groups -OCH3 is 1. The zero-order valence-corrected chi connectivity index (χ0v) is 11.3. The second kappa shape index (κ2) is 4.53. The van der Waals surface area contributed by atoms with E-state index in [1.54, 1.807) is 7.11 Å². The predicted molar refractivity (Wildman–Crippen MR) is 72.4 cm³/mol. The molecule has 4 nitrogen and oxygen atoms in total. The van der Waals surface area contributed by atoms with Crippen molar-refractivity contribution in [3.8, 4) is 5.75 Å². The van der Waals surface area contributed by atoms with Gasteiger partial charge in [0.15, 0.2) is 0 Å². The number of hydrogen-bond donors (Lipinski definition) is 1. The highest BCUT2D eigenvalue weighted by atomic mass is 16.6. The molecule has 3 rings (SSSR count). The summed E-state index contributed by atoms with van der Waals surface area (Å²) in [7, 11) is 1.65. The molecule has 1 aliphatic heterocycles. The highest BCUT2D eigenvalue weighted by molar-refractivity contribution is 6.06. The minimum absolute atomic E-state index is 0.00616. The van der Waals surface area contributed by atoms with E-state index in [1.165, 1.54) is 0 Å². The molecule has 3 atom stereocenters. The van der Waals surface area contributed by atoms with E-state index < -0.39 is 11.5 Å².